The third kappa shape index (κ3) is 6.15. The molecular weight excluding hydrogens is 436 g/mol. The number of hydrogen-bond acceptors (Lipinski definition) is 7. The maximum absolute atomic E-state index is 12.5. The average molecular weight is 469 g/mol. The first-order valence-electron chi connectivity index (χ1n) is 11.1. The molecule has 3 rings (SSSR count). The SMILES string of the molecule is COCCOCCCC(=O)Nc1cc(-c2cnoc2-c2cc(C)c(C)c(OC)c2)ccc1OC. The third-order valence-corrected chi connectivity index (χ3v) is 5.58. The van der Waals surface area contributed by atoms with Crippen LogP contribution in [0, 0.1) is 13.8 Å². The van der Waals surface area contributed by atoms with Crippen LogP contribution in [0.3, 0.4) is 0 Å². The van der Waals surface area contributed by atoms with E-state index in [4.69, 9.17) is 23.5 Å². The van der Waals surface area contributed by atoms with Crippen LogP contribution < -0.4 is 14.8 Å². The number of carbonyl (C=O) groups excluding carboxylic acids is 1. The highest BCUT2D eigenvalue weighted by Gasteiger charge is 2.18. The Morgan fingerprint density at radius 3 is 2.50 bits per heavy atom. The van der Waals surface area contributed by atoms with Gasteiger partial charge >= 0.3 is 0 Å². The van der Waals surface area contributed by atoms with Crippen LogP contribution >= 0.6 is 0 Å². The van der Waals surface area contributed by atoms with E-state index < -0.39 is 0 Å². The van der Waals surface area contributed by atoms with Crippen molar-refractivity contribution in [3.8, 4) is 33.9 Å². The van der Waals surface area contributed by atoms with Crippen molar-refractivity contribution in [1.82, 2.24) is 5.16 Å². The van der Waals surface area contributed by atoms with Crippen molar-refractivity contribution in [3.63, 3.8) is 0 Å². The molecule has 0 aliphatic carbocycles. The first-order chi connectivity index (χ1) is 16.5. The Morgan fingerprint density at radius 2 is 1.76 bits per heavy atom. The summed E-state index contributed by atoms with van der Waals surface area (Å²) in [6, 6.07) is 9.57. The lowest BCUT2D eigenvalue weighted by atomic mass is 9.98. The maximum atomic E-state index is 12.5. The molecule has 1 N–H and O–H groups in total. The highest BCUT2D eigenvalue weighted by molar-refractivity contribution is 5.94. The molecule has 0 saturated carbocycles. The van der Waals surface area contributed by atoms with Gasteiger partial charge in [0.1, 0.15) is 11.5 Å². The third-order valence-electron chi connectivity index (χ3n) is 5.58. The van der Waals surface area contributed by atoms with Gasteiger partial charge in [0.2, 0.25) is 5.91 Å². The molecule has 3 aromatic rings. The van der Waals surface area contributed by atoms with Crippen LogP contribution in [-0.2, 0) is 14.3 Å². The molecule has 1 amide bonds. The highest BCUT2D eigenvalue weighted by atomic mass is 16.5. The molecule has 0 aliphatic heterocycles. The number of rotatable bonds is 12. The number of aryl methyl sites for hydroxylation is 1. The molecule has 0 bridgehead atoms. The zero-order chi connectivity index (χ0) is 24.5. The second-order valence-electron chi connectivity index (χ2n) is 7.86. The van der Waals surface area contributed by atoms with E-state index in [9.17, 15) is 4.79 Å². The standard InChI is InChI=1S/C26H32N2O6/c1-17-13-20(15-24(32-5)18(17)2)26-21(16-27-34-26)19-8-9-23(31-4)22(14-19)28-25(29)7-6-10-33-12-11-30-3/h8-9,13-16H,6-7,10-12H2,1-5H3,(H,28,29). The Kier molecular flexibility index (Phi) is 9.07. The number of amides is 1. The van der Waals surface area contributed by atoms with E-state index in [1.165, 1.54) is 0 Å². The number of carbonyl (C=O) groups is 1. The van der Waals surface area contributed by atoms with E-state index in [1.807, 2.05) is 44.2 Å². The van der Waals surface area contributed by atoms with Crippen LogP contribution in [0.5, 0.6) is 11.5 Å². The topological polar surface area (TPSA) is 92.1 Å². The van der Waals surface area contributed by atoms with Gasteiger partial charge in [-0.3, -0.25) is 4.79 Å². The monoisotopic (exact) mass is 468 g/mol. The Morgan fingerprint density at radius 1 is 0.971 bits per heavy atom. The second kappa shape index (κ2) is 12.2. The van der Waals surface area contributed by atoms with Crippen molar-refractivity contribution in [2.45, 2.75) is 26.7 Å². The minimum Gasteiger partial charge on any atom is -0.496 e. The van der Waals surface area contributed by atoms with Crippen LogP contribution in [0.2, 0.25) is 0 Å². The lowest BCUT2D eigenvalue weighted by molar-refractivity contribution is -0.116. The van der Waals surface area contributed by atoms with Gasteiger partial charge in [-0.25, -0.2) is 0 Å². The van der Waals surface area contributed by atoms with Gasteiger partial charge in [-0.1, -0.05) is 11.2 Å². The van der Waals surface area contributed by atoms with Crippen LogP contribution in [0.15, 0.2) is 41.1 Å². The van der Waals surface area contributed by atoms with Crippen molar-refractivity contribution >= 4 is 11.6 Å². The van der Waals surface area contributed by atoms with E-state index in [0.29, 0.717) is 49.9 Å². The molecule has 8 nitrogen and oxygen atoms in total. The quantitative estimate of drug-likeness (QED) is 0.373. The fraction of sp³-hybridized carbons (Fsp3) is 0.385. The highest BCUT2D eigenvalue weighted by Crippen LogP contribution is 2.38. The lowest BCUT2D eigenvalue weighted by Gasteiger charge is -2.13. The van der Waals surface area contributed by atoms with E-state index >= 15 is 0 Å². The zero-order valence-corrected chi connectivity index (χ0v) is 20.4. The predicted molar refractivity (Wildman–Crippen MR) is 131 cm³/mol. The maximum Gasteiger partial charge on any atom is 0.224 e. The Hall–Kier alpha value is -3.36. The van der Waals surface area contributed by atoms with Gasteiger partial charge < -0.3 is 28.8 Å². The number of nitrogens with zero attached hydrogens (tertiary/aromatic N) is 1. The number of methoxy groups -OCH3 is 3. The molecule has 0 radical (unpaired) electrons. The van der Waals surface area contributed by atoms with Crippen LogP contribution in [0.4, 0.5) is 5.69 Å². The van der Waals surface area contributed by atoms with Gasteiger partial charge in [-0.05, 0) is 61.2 Å². The minimum atomic E-state index is -0.116. The fourth-order valence-corrected chi connectivity index (χ4v) is 3.59. The molecule has 0 fully saturated rings. The summed E-state index contributed by atoms with van der Waals surface area (Å²) in [6.45, 7) is 5.60. The summed E-state index contributed by atoms with van der Waals surface area (Å²) in [4.78, 5) is 12.5. The molecule has 1 aromatic heterocycles. The Labute approximate surface area is 200 Å². The van der Waals surface area contributed by atoms with Crippen LogP contribution in [0.1, 0.15) is 24.0 Å². The van der Waals surface area contributed by atoms with Gasteiger partial charge in [-0.15, -0.1) is 0 Å². The summed E-state index contributed by atoms with van der Waals surface area (Å²) in [5, 5.41) is 6.97. The van der Waals surface area contributed by atoms with E-state index in [-0.39, 0.29) is 5.91 Å². The molecule has 8 heteroatoms. The molecule has 0 spiro atoms. The molecule has 34 heavy (non-hydrogen) atoms. The summed E-state index contributed by atoms with van der Waals surface area (Å²) >= 11 is 0. The zero-order valence-electron chi connectivity index (χ0n) is 20.4. The van der Waals surface area contributed by atoms with Crippen molar-refractivity contribution in [2.24, 2.45) is 0 Å². The van der Waals surface area contributed by atoms with Crippen LogP contribution in [0.25, 0.3) is 22.5 Å². The first kappa shape index (κ1) is 25.3. The molecule has 0 saturated heterocycles. The molecule has 0 aliphatic rings. The number of aromatic nitrogens is 1. The molecular formula is C26H32N2O6. The summed E-state index contributed by atoms with van der Waals surface area (Å²) in [5.74, 6) is 1.86. The number of nitrogens with one attached hydrogen (secondary N) is 1. The van der Waals surface area contributed by atoms with Crippen molar-refractivity contribution in [3.05, 3.63) is 47.7 Å². The van der Waals surface area contributed by atoms with E-state index in [0.717, 1.165) is 33.6 Å². The van der Waals surface area contributed by atoms with Gasteiger partial charge in [0.05, 0.1) is 39.3 Å². The molecule has 0 atom stereocenters. The molecule has 182 valence electrons. The number of benzene rings is 2. The summed E-state index contributed by atoms with van der Waals surface area (Å²) < 4.78 is 27.0. The normalized spacial score (nSPS) is 10.9. The summed E-state index contributed by atoms with van der Waals surface area (Å²) in [7, 11) is 4.84. The predicted octanol–water partition coefficient (Wildman–Crippen LogP) is 5.02. The average Bonchev–Trinajstić information content (AvgIpc) is 3.33. The number of ether oxygens (including phenoxy) is 4. The van der Waals surface area contributed by atoms with E-state index in [1.54, 1.807) is 27.5 Å². The summed E-state index contributed by atoms with van der Waals surface area (Å²) in [6.07, 6.45) is 2.62. The second-order valence-corrected chi connectivity index (χ2v) is 7.86. The first-order valence-corrected chi connectivity index (χ1v) is 11.1. The smallest absolute Gasteiger partial charge is 0.224 e. The number of anilines is 1. The minimum absolute atomic E-state index is 0.116. The molecule has 1 heterocycles. The van der Waals surface area contributed by atoms with Crippen LogP contribution in [-0.4, -0.2) is 52.2 Å². The summed E-state index contributed by atoms with van der Waals surface area (Å²) in [5.41, 5.74) is 5.25. The van der Waals surface area contributed by atoms with Gasteiger partial charge in [-0.2, -0.15) is 0 Å². The van der Waals surface area contributed by atoms with Gasteiger partial charge in [0, 0.05) is 31.3 Å². The van der Waals surface area contributed by atoms with Crippen molar-refractivity contribution in [1.29, 1.82) is 0 Å². The fourth-order valence-electron chi connectivity index (χ4n) is 3.59. The molecule has 2 aromatic carbocycles. The van der Waals surface area contributed by atoms with Gasteiger partial charge in [0.15, 0.2) is 5.76 Å². The Balaban J connectivity index is 1.80. The number of hydrogen-bond donors (Lipinski definition) is 1. The Bertz CT molecular complexity index is 1110. The van der Waals surface area contributed by atoms with Crippen molar-refractivity contribution in [2.75, 3.05) is 46.5 Å². The largest absolute Gasteiger partial charge is 0.496 e. The lowest BCUT2D eigenvalue weighted by Crippen LogP contribution is -2.13. The van der Waals surface area contributed by atoms with Crippen molar-refractivity contribution < 1.29 is 28.3 Å². The van der Waals surface area contributed by atoms with Gasteiger partial charge in [0.25, 0.3) is 0 Å². The van der Waals surface area contributed by atoms with E-state index in [2.05, 4.69) is 10.5 Å². The molecule has 0 unspecified atom stereocenters.